The van der Waals surface area contributed by atoms with Gasteiger partial charge in [-0.1, -0.05) is 40.2 Å². The van der Waals surface area contributed by atoms with Crippen LogP contribution in [0, 0.1) is 0 Å². The molecule has 0 radical (unpaired) electrons. The van der Waals surface area contributed by atoms with Crippen LogP contribution < -0.4 is 14.2 Å². The van der Waals surface area contributed by atoms with E-state index in [0.717, 1.165) is 33.5 Å². The van der Waals surface area contributed by atoms with E-state index in [1.807, 2.05) is 30.3 Å². The van der Waals surface area contributed by atoms with E-state index in [1.54, 1.807) is 25.6 Å². The number of para-hydroxylation sites is 1. The molecule has 0 aliphatic carbocycles. The highest BCUT2D eigenvalue weighted by Crippen LogP contribution is 2.50. The van der Waals surface area contributed by atoms with Gasteiger partial charge in [0, 0.05) is 16.5 Å². The van der Waals surface area contributed by atoms with Crippen molar-refractivity contribution >= 4 is 33.0 Å². The molecule has 0 saturated heterocycles. The lowest BCUT2D eigenvalue weighted by Gasteiger charge is -2.38. The Morgan fingerprint density at radius 3 is 2.72 bits per heavy atom. The molecule has 0 bridgehead atoms. The lowest BCUT2D eigenvalue weighted by molar-refractivity contribution is -0.0205. The van der Waals surface area contributed by atoms with Gasteiger partial charge < -0.3 is 14.2 Å². The predicted molar refractivity (Wildman–Crippen MR) is 117 cm³/mol. The number of hydrazone groups is 1. The summed E-state index contributed by atoms with van der Waals surface area (Å²) in [5, 5.41) is 9.13. The van der Waals surface area contributed by atoms with Crippen LogP contribution in [0.25, 0.3) is 0 Å². The standard InChI is InChI=1S/C22H19BrN2O3S/c1-26-19-11-13(23)10-15(21(19)27-2)22-25-17(14-6-3-4-7-18(14)28-22)12-16(24-25)20-8-5-9-29-20/h3-11,17,22H,12H2,1-2H3/t17-,22+/m1/s1. The van der Waals surface area contributed by atoms with Crippen LogP contribution in [0.4, 0.5) is 0 Å². The fourth-order valence-electron chi connectivity index (χ4n) is 3.97. The van der Waals surface area contributed by atoms with Crippen molar-refractivity contribution in [3.63, 3.8) is 0 Å². The molecule has 0 saturated carbocycles. The lowest BCUT2D eigenvalue weighted by atomic mass is 9.97. The minimum atomic E-state index is -0.422. The van der Waals surface area contributed by atoms with Crippen molar-refractivity contribution in [1.82, 2.24) is 5.01 Å². The number of nitrogens with zero attached hydrogens (tertiary/aromatic N) is 2. The number of rotatable bonds is 4. The number of hydrogen-bond donors (Lipinski definition) is 0. The van der Waals surface area contributed by atoms with Gasteiger partial charge in [-0.15, -0.1) is 11.3 Å². The van der Waals surface area contributed by atoms with Crippen LogP contribution in [0.2, 0.25) is 0 Å². The topological polar surface area (TPSA) is 43.3 Å². The van der Waals surface area contributed by atoms with Gasteiger partial charge in [0.1, 0.15) is 5.75 Å². The Bertz CT molecular complexity index is 1080. The Balaban J connectivity index is 1.66. The number of ether oxygens (including phenoxy) is 3. The van der Waals surface area contributed by atoms with Crippen molar-refractivity contribution in [3.8, 4) is 17.2 Å². The second kappa shape index (κ2) is 7.39. The summed E-state index contributed by atoms with van der Waals surface area (Å²) in [7, 11) is 3.28. The fourth-order valence-corrected chi connectivity index (χ4v) is 5.15. The van der Waals surface area contributed by atoms with Gasteiger partial charge >= 0.3 is 0 Å². The van der Waals surface area contributed by atoms with Gasteiger partial charge in [0.25, 0.3) is 0 Å². The first-order valence-corrected chi connectivity index (χ1v) is 10.9. The Hall–Kier alpha value is -2.51. The summed E-state index contributed by atoms with van der Waals surface area (Å²) < 4.78 is 18.6. The van der Waals surface area contributed by atoms with E-state index >= 15 is 0 Å². The van der Waals surface area contributed by atoms with Crippen LogP contribution in [0.15, 0.2) is 63.5 Å². The normalized spacial score (nSPS) is 19.8. The summed E-state index contributed by atoms with van der Waals surface area (Å²) in [6.07, 6.45) is 0.416. The number of hydrogen-bond acceptors (Lipinski definition) is 6. The van der Waals surface area contributed by atoms with Crippen LogP contribution in [-0.2, 0) is 0 Å². The first-order valence-electron chi connectivity index (χ1n) is 9.26. The number of thiophene rings is 1. The molecule has 3 aromatic rings. The van der Waals surface area contributed by atoms with Crippen molar-refractivity contribution < 1.29 is 14.2 Å². The maximum absolute atomic E-state index is 6.46. The minimum absolute atomic E-state index is 0.108. The molecule has 2 aliphatic heterocycles. The van der Waals surface area contributed by atoms with Crippen LogP contribution in [0.3, 0.4) is 0 Å². The van der Waals surface area contributed by atoms with E-state index in [1.165, 1.54) is 4.88 Å². The highest BCUT2D eigenvalue weighted by atomic mass is 79.9. The fraction of sp³-hybridized carbons (Fsp3) is 0.227. The molecule has 1 aromatic heterocycles. The summed E-state index contributed by atoms with van der Waals surface area (Å²) >= 11 is 5.30. The summed E-state index contributed by atoms with van der Waals surface area (Å²) in [6.45, 7) is 0. The van der Waals surface area contributed by atoms with Crippen molar-refractivity contribution in [1.29, 1.82) is 0 Å². The molecule has 5 nitrogen and oxygen atoms in total. The van der Waals surface area contributed by atoms with Crippen molar-refractivity contribution in [2.24, 2.45) is 5.10 Å². The Labute approximate surface area is 181 Å². The zero-order valence-corrected chi connectivity index (χ0v) is 18.4. The van der Waals surface area contributed by atoms with E-state index in [9.17, 15) is 0 Å². The number of fused-ring (bicyclic) bond motifs is 3. The van der Waals surface area contributed by atoms with Crippen LogP contribution in [0.1, 0.15) is 34.7 Å². The van der Waals surface area contributed by atoms with E-state index in [4.69, 9.17) is 19.3 Å². The average Bonchev–Trinajstić information content (AvgIpc) is 3.42. The Kier molecular flexibility index (Phi) is 4.72. The molecule has 7 heteroatoms. The quantitative estimate of drug-likeness (QED) is 0.485. The lowest BCUT2D eigenvalue weighted by Crippen LogP contribution is -2.34. The average molecular weight is 471 g/mol. The second-order valence-corrected chi connectivity index (χ2v) is 8.73. The van der Waals surface area contributed by atoms with Crippen molar-refractivity contribution in [3.05, 3.63) is 74.4 Å². The molecule has 2 aliphatic rings. The summed E-state index contributed by atoms with van der Waals surface area (Å²) in [5.41, 5.74) is 3.10. The van der Waals surface area contributed by atoms with E-state index in [-0.39, 0.29) is 6.04 Å². The van der Waals surface area contributed by atoms with E-state index in [0.29, 0.717) is 11.5 Å². The smallest absolute Gasteiger partial charge is 0.217 e. The van der Waals surface area contributed by atoms with E-state index < -0.39 is 6.23 Å². The molecular weight excluding hydrogens is 452 g/mol. The number of methoxy groups -OCH3 is 2. The van der Waals surface area contributed by atoms with Gasteiger partial charge in [-0.25, -0.2) is 5.01 Å². The minimum Gasteiger partial charge on any atom is -0.493 e. The molecule has 148 valence electrons. The summed E-state index contributed by atoms with van der Waals surface area (Å²) in [4.78, 5) is 1.19. The maximum Gasteiger partial charge on any atom is 0.217 e. The molecule has 0 unspecified atom stereocenters. The van der Waals surface area contributed by atoms with Gasteiger partial charge in [0.05, 0.1) is 36.4 Å². The molecule has 2 atom stereocenters. The summed E-state index contributed by atoms with van der Waals surface area (Å²) in [6, 6.07) is 16.4. The Morgan fingerprint density at radius 2 is 1.97 bits per heavy atom. The first-order chi connectivity index (χ1) is 14.2. The van der Waals surface area contributed by atoms with Gasteiger partial charge in [-0.3, -0.25) is 0 Å². The van der Waals surface area contributed by atoms with E-state index in [2.05, 4.69) is 44.5 Å². The molecule has 5 rings (SSSR count). The molecule has 3 heterocycles. The third-order valence-corrected chi connectivity index (χ3v) is 6.62. The first kappa shape index (κ1) is 18.5. The third kappa shape index (κ3) is 3.09. The SMILES string of the molecule is COc1cc(Br)cc([C@@H]2Oc3ccccc3[C@H]3CC(c4cccs4)=NN32)c1OC. The number of benzene rings is 2. The maximum atomic E-state index is 6.46. The molecule has 0 fully saturated rings. The van der Waals surface area contributed by atoms with Crippen LogP contribution in [-0.4, -0.2) is 24.9 Å². The zero-order valence-electron chi connectivity index (χ0n) is 16.0. The molecule has 0 spiro atoms. The highest BCUT2D eigenvalue weighted by molar-refractivity contribution is 9.10. The van der Waals surface area contributed by atoms with Gasteiger partial charge in [0.15, 0.2) is 11.5 Å². The molecule has 0 amide bonds. The van der Waals surface area contributed by atoms with Gasteiger partial charge in [-0.05, 0) is 29.6 Å². The third-order valence-electron chi connectivity index (χ3n) is 5.24. The molecule has 0 N–H and O–H groups in total. The zero-order chi connectivity index (χ0) is 20.0. The monoisotopic (exact) mass is 470 g/mol. The second-order valence-electron chi connectivity index (χ2n) is 6.86. The van der Waals surface area contributed by atoms with Crippen LogP contribution in [0.5, 0.6) is 17.2 Å². The van der Waals surface area contributed by atoms with Gasteiger partial charge in [0.2, 0.25) is 6.23 Å². The van der Waals surface area contributed by atoms with Gasteiger partial charge in [-0.2, -0.15) is 5.10 Å². The Morgan fingerprint density at radius 1 is 1.10 bits per heavy atom. The van der Waals surface area contributed by atoms with Crippen molar-refractivity contribution in [2.45, 2.75) is 18.7 Å². The predicted octanol–water partition coefficient (Wildman–Crippen LogP) is 5.77. The molecular formula is C22H19BrN2O3S. The molecule has 29 heavy (non-hydrogen) atoms. The summed E-state index contributed by atoms with van der Waals surface area (Å²) in [5.74, 6) is 2.18. The highest BCUT2D eigenvalue weighted by Gasteiger charge is 2.42. The molecule has 2 aromatic carbocycles. The van der Waals surface area contributed by atoms with Crippen LogP contribution >= 0.6 is 27.3 Å². The largest absolute Gasteiger partial charge is 0.493 e. The number of halogens is 1. The van der Waals surface area contributed by atoms with Crippen molar-refractivity contribution in [2.75, 3.05) is 14.2 Å².